The number of rotatable bonds is 5. The monoisotopic (exact) mass is 372 g/mol. The minimum Gasteiger partial charge on any atom is -0.342 e. The normalized spacial score (nSPS) is 14.8. The van der Waals surface area contributed by atoms with Crippen LogP contribution >= 0.6 is 12.4 Å². The summed E-state index contributed by atoms with van der Waals surface area (Å²) >= 11 is 0. The number of carbonyl (C=O) groups excluding carboxylic acids is 1. The highest BCUT2D eigenvalue weighted by Crippen LogP contribution is 2.25. The van der Waals surface area contributed by atoms with Gasteiger partial charge in [-0.2, -0.15) is 13.2 Å². The quantitative estimate of drug-likeness (QED) is 0.843. The first-order valence-corrected chi connectivity index (χ1v) is 7.47. The van der Waals surface area contributed by atoms with E-state index in [-0.39, 0.29) is 18.8 Å². The summed E-state index contributed by atoms with van der Waals surface area (Å²) in [6.45, 7) is 1.40. The lowest BCUT2D eigenvalue weighted by Crippen LogP contribution is -2.56. The van der Waals surface area contributed by atoms with Gasteiger partial charge in [-0.25, -0.2) is 0 Å². The second kappa shape index (κ2) is 8.36. The van der Waals surface area contributed by atoms with Gasteiger partial charge in [-0.1, -0.05) is 60.7 Å². The maximum atomic E-state index is 13.3. The molecule has 0 aromatic heterocycles. The van der Waals surface area contributed by atoms with Crippen molar-refractivity contribution in [3.63, 3.8) is 0 Å². The smallest absolute Gasteiger partial charge is 0.342 e. The lowest BCUT2D eigenvalue weighted by atomic mass is 9.91. The van der Waals surface area contributed by atoms with Gasteiger partial charge in [0, 0.05) is 6.42 Å². The van der Waals surface area contributed by atoms with Crippen molar-refractivity contribution in [2.75, 3.05) is 0 Å². The molecule has 2 atom stereocenters. The van der Waals surface area contributed by atoms with Crippen LogP contribution in [0.15, 0.2) is 60.7 Å². The van der Waals surface area contributed by atoms with Crippen molar-refractivity contribution in [1.29, 1.82) is 0 Å². The molecule has 0 bridgehead atoms. The molecule has 0 fully saturated rings. The molecule has 0 heterocycles. The molecule has 0 aliphatic rings. The topological polar surface area (TPSA) is 55.1 Å². The Kier molecular flexibility index (Phi) is 7.02. The van der Waals surface area contributed by atoms with Crippen LogP contribution < -0.4 is 11.1 Å². The Morgan fingerprint density at radius 2 is 1.52 bits per heavy atom. The van der Waals surface area contributed by atoms with E-state index in [0.717, 1.165) is 0 Å². The summed E-state index contributed by atoms with van der Waals surface area (Å²) in [5, 5.41) is 2.06. The predicted molar refractivity (Wildman–Crippen MR) is 93.4 cm³/mol. The summed E-state index contributed by atoms with van der Waals surface area (Å²) in [6, 6.07) is 14.5. The molecule has 3 N–H and O–H groups in total. The average Bonchev–Trinajstić information content (AvgIpc) is 2.55. The van der Waals surface area contributed by atoms with Crippen molar-refractivity contribution in [2.45, 2.75) is 31.1 Å². The number of hydrogen-bond acceptors (Lipinski definition) is 2. The molecular weight excluding hydrogens is 353 g/mol. The first-order chi connectivity index (χ1) is 11.2. The van der Waals surface area contributed by atoms with Crippen molar-refractivity contribution in [2.24, 2.45) is 5.73 Å². The van der Waals surface area contributed by atoms with Gasteiger partial charge in [0.2, 0.25) is 5.91 Å². The molecule has 7 heteroatoms. The first kappa shape index (κ1) is 21.0. The van der Waals surface area contributed by atoms with Crippen LogP contribution in [0.5, 0.6) is 0 Å². The molecule has 2 aromatic carbocycles. The van der Waals surface area contributed by atoms with Crippen LogP contribution in [-0.2, 0) is 16.8 Å². The summed E-state index contributed by atoms with van der Waals surface area (Å²) in [6.07, 6.45) is -4.92. The third-order valence-electron chi connectivity index (χ3n) is 3.83. The van der Waals surface area contributed by atoms with E-state index in [4.69, 9.17) is 5.73 Å². The molecule has 2 aromatic rings. The minimum atomic E-state index is -4.57. The number of hydrogen-bond donors (Lipinski definition) is 2. The van der Waals surface area contributed by atoms with Gasteiger partial charge < -0.3 is 11.1 Å². The van der Waals surface area contributed by atoms with Crippen LogP contribution in [0.1, 0.15) is 18.1 Å². The summed E-state index contributed by atoms with van der Waals surface area (Å²) in [5.41, 5.74) is 5.37. The van der Waals surface area contributed by atoms with E-state index in [1.54, 1.807) is 60.7 Å². The van der Waals surface area contributed by atoms with Crippen LogP contribution in [0.3, 0.4) is 0 Å². The SMILES string of the molecule is CC(N)(C(=O)NC(Cc1ccccc1)C(F)(F)F)c1ccccc1.Cl. The fourth-order valence-electron chi connectivity index (χ4n) is 2.32. The van der Waals surface area contributed by atoms with Gasteiger partial charge >= 0.3 is 6.18 Å². The molecule has 2 rings (SSSR count). The lowest BCUT2D eigenvalue weighted by Gasteiger charge is -2.29. The van der Waals surface area contributed by atoms with Crippen LogP contribution in [0, 0.1) is 0 Å². The molecule has 136 valence electrons. The molecule has 2 unspecified atom stereocenters. The van der Waals surface area contributed by atoms with E-state index in [1.165, 1.54) is 6.92 Å². The van der Waals surface area contributed by atoms with Gasteiger partial charge in [0.15, 0.2) is 0 Å². The Morgan fingerprint density at radius 1 is 1.04 bits per heavy atom. The molecule has 25 heavy (non-hydrogen) atoms. The van der Waals surface area contributed by atoms with Gasteiger partial charge in [0.25, 0.3) is 0 Å². The van der Waals surface area contributed by atoms with E-state index < -0.39 is 23.7 Å². The van der Waals surface area contributed by atoms with Gasteiger partial charge in [-0.05, 0) is 18.1 Å². The largest absolute Gasteiger partial charge is 0.408 e. The van der Waals surface area contributed by atoms with E-state index >= 15 is 0 Å². The van der Waals surface area contributed by atoms with E-state index in [1.807, 2.05) is 0 Å². The maximum absolute atomic E-state index is 13.3. The standard InChI is InChI=1S/C18H19F3N2O.ClH/c1-17(22,14-10-6-3-7-11-14)16(24)23-15(18(19,20)21)12-13-8-4-2-5-9-13;/h2-11,15H,12,22H2,1H3,(H,23,24);1H. The zero-order valence-electron chi connectivity index (χ0n) is 13.6. The van der Waals surface area contributed by atoms with Crippen LogP contribution in [-0.4, -0.2) is 18.1 Å². The highest BCUT2D eigenvalue weighted by atomic mass is 35.5. The third kappa shape index (κ3) is 5.47. The van der Waals surface area contributed by atoms with Crippen LogP contribution in [0.4, 0.5) is 13.2 Å². The third-order valence-corrected chi connectivity index (χ3v) is 3.83. The van der Waals surface area contributed by atoms with Gasteiger partial charge in [0.05, 0.1) is 0 Å². The Bertz CT molecular complexity index is 676. The van der Waals surface area contributed by atoms with Crippen molar-refractivity contribution in [1.82, 2.24) is 5.32 Å². The van der Waals surface area contributed by atoms with Gasteiger partial charge in [-0.3, -0.25) is 4.79 Å². The molecule has 1 amide bonds. The first-order valence-electron chi connectivity index (χ1n) is 7.47. The number of halogens is 4. The number of carbonyl (C=O) groups is 1. The molecular formula is C18H20ClF3N2O. The summed E-state index contributed by atoms with van der Waals surface area (Å²) < 4.78 is 39.9. The van der Waals surface area contributed by atoms with E-state index in [9.17, 15) is 18.0 Å². The lowest BCUT2D eigenvalue weighted by molar-refractivity contribution is -0.163. The summed E-state index contributed by atoms with van der Waals surface area (Å²) in [5.74, 6) is -0.869. The van der Waals surface area contributed by atoms with E-state index in [0.29, 0.717) is 11.1 Å². The van der Waals surface area contributed by atoms with Gasteiger partial charge in [-0.15, -0.1) is 12.4 Å². The summed E-state index contributed by atoms with van der Waals surface area (Å²) in [7, 11) is 0. The van der Waals surface area contributed by atoms with Gasteiger partial charge in [0.1, 0.15) is 11.6 Å². The number of benzene rings is 2. The maximum Gasteiger partial charge on any atom is 0.408 e. The minimum absolute atomic E-state index is 0. The highest BCUT2D eigenvalue weighted by Gasteiger charge is 2.43. The van der Waals surface area contributed by atoms with Crippen LogP contribution in [0.25, 0.3) is 0 Å². The van der Waals surface area contributed by atoms with Crippen molar-refractivity contribution < 1.29 is 18.0 Å². The molecule has 0 aliphatic heterocycles. The van der Waals surface area contributed by atoms with Crippen LogP contribution in [0.2, 0.25) is 0 Å². The molecule has 0 radical (unpaired) electrons. The second-order valence-electron chi connectivity index (χ2n) is 5.83. The van der Waals surface area contributed by atoms with Crippen molar-refractivity contribution >= 4 is 18.3 Å². The van der Waals surface area contributed by atoms with E-state index in [2.05, 4.69) is 5.32 Å². The number of nitrogens with two attached hydrogens (primary N) is 1. The number of alkyl halides is 3. The number of amides is 1. The fourth-order valence-corrected chi connectivity index (χ4v) is 2.32. The summed E-state index contributed by atoms with van der Waals surface area (Å²) in [4.78, 5) is 12.4. The molecule has 0 spiro atoms. The second-order valence-corrected chi connectivity index (χ2v) is 5.83. The molecule has 3 nitrogen and oxygen atoms in total. The Labute approximate surface area is 150 Å². The Balaban J connectivity index is 0.00000312. The zero-order chi connectivity index (χ0) is 17.8. The number of nitrogens with one attached hydrogen (secondary N) is 1. The Morgan fingerprint density at radius 3 is 2.00 bits per heavy atom. The predicted octanol–water partition coefficient (Wildman–Crippen LogP) is 3.57. The average molecular weight is 373 g/mol. The zero-order valence-corrected chi connectivity index (χ0v) is 14.4. The van der Waals surface area contributed by atoms with Crippen molar-refractivity contribution in [3.05, 3.63) is 71.8 Å². The van der Waals surface area contributed by atoms with Crippen molar-refractivity contribution in [3.8, 4) is 0 Å². The Hall–Kier alpha value is -2.05. The molecule has 0 saturated heterocycles. The fraction of sp³-hybridized carbons (Fsp3) is 0.278. The molecule has 0 aliphatic carbocycles. The molecule has 0 saturated carbocycles. The highest BCUT2D eigenvalue weighted by molar-refractivity contribution is 5.87.